The van der Waals surface area contributed by atoms with Gasteiger partial charge in [0.25, 0.3) is 0 Å². The lowest BCUT2D eigenvalue weighted by Gasteiger charge is -2.32. The normalized spacial score (nSPS) is 19.7. The van der Waals surface area contributed by atoms with Crippen molar-refractivity contribution in [3.8, 4) is 5.75 Å². The number of nitrogens with two attached hydrogens (primary N) is 1. The molecule has 8 nitrogen and oxygen atoms in total. The third kappa shape index (κ3) is 10.7. The van der Waals surface area contributed by atoms with Gasteiger partial charge in [0.1, 0.15) is 11.4 Å². The van der Waals surface area contributed by atoms with Crippen LogP contribution in [0.4, 0.5) is 4.79 Å². The molecule has 36 heavy (non-hydrogen) atoms. The molecule has 0 aliphatic heterocycles. The fourth-order valence-electron chi connectivity index (χ4n) is 4.49. The molecule has 1 fully saturated rings. The van der Waals surface area contributed by atoms with Crippen LogP contribution in [0, 0.1) is 0 Å². The monoisotopic (exact) mass is 506 g/mol. The van der Waals surface area contributed by atoms with Crippen molar-refractivity contribution in [2.75, 3.05) is 19.8 Å². The minimum absolute atomic E-state index is 0.146. The summed E-state index contributed by atoms with van der Waals surface area (Å²) >= 11 is 0. The van der Waals surface area contributed by atoms with Crippen LogP contribution in [0.2, 0.25) is 0 Å². The molecule has 2 atom stereocenters. The van der Waals surface area contributed by atoms with E-state index < -0.39 is 11.7 Å². The van der Waals surface area contributed by atoms with Gasteiger partial charge in [-0.3, -0.25) is 4.79 Å². The fourth-order valence-corrected chi connectivity index (χ4v) is 4.49. The second kappa shape index (κ2) is 15.1. The molecule has 2 rings (SSSR count). The predicted octanol–water partition coefficient (Wildman–Crippen LogP) is 5.08. The van der Waals surface area contributed by atoms with Crippen molar-refractivity contribution in [1.29, 1.82) is 0 Å². The quantitative estimate of drug-likeness (QED) is 0.359. The van der Waals surface area contributed by atoms with E-state index in [1.54, 1.807) is 6.92 Å². The molecule has 1 aliphatic carbocycles. The molecule has 3 N–H and O–H groups in total. The van der Waals surface area contributed by atoms with Gasteiger partial charge in [0.2, 0.25) is 0 Å². The molecule has 0 radical (unpaired) electrons. The number of nitrogens with one attached hydrogen (secondary N) is 1. The summed E-state index contributed by atoms with van der Waals surface area (Å²) in [4.78, 5) is 23.8. The van der Waals surface area contributed by atoms with Crippen LogP contribution in [0.3, 0.4) is 0 Å². The van der Waals surface area contributed by atoms with E-state index in [4.69, 9.17) is 24.7 Å². The number of esters is 1. The summed E-state index contributed by atoms with van der Waals surface area (Å²) in [5, 5.41) is 2.92. The zero-order valence-corrected chi connectivity index (χ0v) is 22.7. The molecule has 0 saturated heterocycles. The number of para-hydroxylation sites is 1. The smallest absolute Gasteiger partial charge is 0.407 e. The Bertz CT molecular complexity index is 801. The number of carbonyl (C=O) groups is 2. The summed E-state index contributed by atoms with van der Waals surface area (Å²) in [5.41, 5.74) is 7.04. The van der Waals surface area contributed by atoms with Crippen LogP contribution < -0.4 is 15.8 Å². The SMILES string of the molecule is CCCC(NC(=O)OC(C)(C)C)C(N)CO[C@H]1CC[C@@H](c2ccccc2OCCC(=O)OCC)CC1. The number of benzene rings is 1. The first kappa shape index (κ1) is 29.9. The maximum atomic E-state index is 12.2. The number of hydrogen-bond donors (Lipinski definition) is 2. The fraction of sp³-hybridized carbons (Fsp3) is 0.714. The van der Waals surface area contributed by atoms with Crippen molar-refractivity contribution in [3.63, 3.8) is 0 Å². The molecule has 0 aromatic heterocycles. The lowest BCUT2D eigenvalue weighted by molar-refractivity contribution is -0.143. The van der Waals surface area contributed by atoms with Crippen molar-refractivity contribution >= 4 is 12.1 Å². The summed E-state index contributed by atoms with van der Waals surface area (Å²) in [5.74, 6) is 0.983. The molecule has 0 spiro atoms. The number of ether oxygens (including phenoxy) is 4. The number of hydrogen-bond acceptors (Lipinski definition) is 7. The Morgan fingerprint density at radius 2 is 1.81 bits per heavy atom. The van der Waals surface area contributed by atoms with Crippen LogP contribution in [-0.4, -0.2) is 55.7 Å². The summed E-state index contributed by atoms with van der Waals surface area (Å²) in [6, 6.07) is 7.56. The molecular weight excluding hydrogens is 460 g/mol. The summed E-state index contributed by atoms with van der Waals surface area (Å²) in [6.45, 7) is 10.5. The van der Waals surface area contributed by atoms with Crippen molar-refractivity contribution in [3.05, 3.63) is 29.8 Å². The van der Waals surface area contributed by atoms with Gasteiger partial charge in [-0.15, -0.1) is 0 Å². The van der Waals surface area contributed by atoms with E-state index in [0.717, 1.165) is 44.3 Å². The van der Waals surface area contributed by atoms with Crippen LogP contribution in [-0.2, 0) is 19.0 Å². The number of alkyl carbamates (subject to hydrolysis) is 1. The Hall–Kier alpha value is -2.32. The highest BCUT2D eigenvalue weighted by Gasteiger charge is 2.27. The van der Waals surface area contributed by atoms with Gasteiger partial charge in [0.05, 0.1) is 32.3 Å². The Labute approximate surface area is 216 Å². The highest BCUT2D eigenvalue weighted by molar-refractivity contribution is 5.69. The van der Waals surface area contributed by atoms with Gasteiger partial charge >= 0.3 is 12.1 Å². The summed E-state index contributed by atoms with van der Waals surface area (Å²) in [6.07, 6.45) is 5.47. The van der Waals surface area contributed by atoms with Crippen LogP contribution >= 0.6 is 0 Å². The van der Waals surface area contributed by atoms with Crippen molar-refractivity contribution in [2.45, 2.75) is 109 Å². The number of amides is 1. The van der Waals surface area contributed by atoms with Crippen LogP contribution in [0.5, 0.6) is 5.75 Å². The largest absolute Gasteiger partial charge is 0.493 e. The molecular formula is C28H46N2O6. The van der Waals surface area contributed by atoms with E-state index in [-0.39, 0.29) is 30.6 Å². The third-order valence-electron chi connectivity index (χ3n) is 6.25. The first-order valence-electron chi connectivity index (χ1n) is 13.4. The molecule has 8 heteroatoms. The number of carbonyl (C=O) groups excluding carboxylic acids is 2. The molecule has 0 heterocycles. The molecule has 1 amide bonds. The maximum absolute atomic E-state index is 12.2. The Morgan fingerprint density at radius 3 is 2.44 bits per heavy atom. The Kier molecular flexibility index (Phi) is 12.5. The van der Waals surface area contributed by atoms with Gasteiger partial charge in [-0.25, -0.2) is 4.79 Å². The lowest BCUT2D eigenvalue weighted by Crippen LogP contribution is -2.51. The van der Waals surface area contributed by atoms with Gasteiger partial charge in [-0.2, -0.15) is 0 Å². The standard InChI is InChI=1S/C28H46N2O6/c1-6-10-24(30-27(32)36-28(3,4)5)23(29)19-35-21-15-13-20(14-16-21)22-11-8-9-12-25(22)34-18-17-26(31)33-7-2/h8-9,11-12,20-21,23-24H,6-7,10,13-19,29H2,1-5H3,(H,30,32)/t20-,21+,23?,24?. The van der Waals surface area contributed by atoms with Crippen LogP contribution in [0.25, 0.3) is 0 Å². The average Bonchev–Trinajstić information content (AvgIpc) is 2.82. The second-order valence-electron chi connectivity index (χ2n) is 10.5. The first-order chi connectivity index (χ1) is 17.1. The zero-order valence-electron chi connectivity index (χ0n) is 22.7. The molecule has 0 bridgehead atoms. The summed E-state index contributed by atoms with van der Waals surface area (Å²) < 4.78 is 22.5. The van der Waals surface area contributed by atoms with Crippen molar-refractivity contribution in [2.24, 2.45) is 5.73 Å². The molecule has 1 saturated carbocycles. The molecule has 1 aromatic rings. The molecule has 1 aromatic carbocycles. The van der Waals surface area contributed by atoms with E-state index in [9.17, 15) is 9.59 Å². The topological polar surface area (TPSA) is 109 Å². The first-order valence-corrected chi connectivity index (χ1v) is 13.4. The van der Waals surface area contributed by atoms with E-state index >= 15 is 0 Å². The predicted molar refractivity (Wildman–Crippen MR) is 140 cm³/mol. The maximum Gasteiger partial charge on any atom is 0.407 e. The van der Waals surface area contributed by atoms with E-state index in [1.165, 1.54) is 5.56 Å². The summed E-state index contributed by atoms with van der Waals surface area (Å²) in [7, 11) is 0. The zero-order chi connectivity index (χ0) is 26.6. The van der Waals surface area contributed by atoms with Crippen molar-refractivity contribution < 1.29 is 28.5 Å². The molecule has 204 valence electrons. The minimum atomic E-state index is -0.551. The van der Waals surface area contributed by atoms with E-state index in [2.05, 4.69) is 18.3 Å². The van der Waals surface area contributed by atoms with Crippen LogP contribution in [0.15, 0.2) is 24.3 Å². The van der Waals surface area contributed by atoms with E-state index in [0.29, 0.717) is 25.7 Å². The number of rotatable bonds is 13. The van der Waals surface area contributed by atoms with E-state index in [1.807, 2.05) is 39.0 Å². The van der Waals surface area contributed by atoms with Gasteiger partial charge in [0.15, 0.2) is 0 Å². The molecule has 1 aliphatic rings. The highest BCUT2D eigenvalue weighted by atomic mass is 16.6. The minimum Gasteiger partial charge on any atom is -0.493 e. The van der Waals surface area contributed by atoms with Gasteiger partial charge in [-0.1, -0.05) is 31.5 Å². The average molecular weight is 507 g/mol. The van der Waals surface area contributed by atoms with Gasteiger partial charge in [-0.05, 0) is 77.3 Å². The Morgan fingerprint density at radius 1 is 1.11 bits per heavy atom. The van der Waals surface area contributed by atoms with Gasteiger partial charge < -0.3 is 30.0 Å². The third-order valence-corrected chi connectivity index (χ3v) is 6.25. The lowest BCUT2D eigenvalue weighted by atomic mass is 9.82. The highest BCUT2D eigenvalue weighted by Crippen LogP contribution is 2.38. The van der Waals surface area contributed by atoms with Gasteiger partial charge in [0, 0.05) is 12.1 Å². The van der Waals surface area contributed by atoms with Crippen molar-refractivity contribution in [1.82, 2.24) is 5.32 Å². The Balaban J connectivity index is 1.81. The second-order valence-corrected chi connectivity index (χ2v) is 10.5. The van der Waals surface area contributed by atoms with Crippen LogP contribution in [0.1, 0.15) is 91.0 Å². The molecule has 2 unspecified atom stereocenters.